The highest BCUT2D eigenvalue weighted by molar-refractivity contribution is 5.53. The topological polar surface area (TPSA) is 6.48 Å². The van der Waals surface area contributed by atoms with Crippen molar-refractivity contribution < 1.29 is 0 Å². The zero-order valence-electron chi connectivity index (χ0n) is 23.4. The first-order valence-electron chi connectivity index (χ1n) is 14.2. The predicted octanol–water partition coefficient (Wildman–Crippen LogP) is 8.90. The Morgan fingerprint density at radius 1 is 0.421 bits per heavy atom. The van der Waals surface area contributed by atoms with Gasteiger partial charge in [0, 0.05) is 49.4 Å². The van der Waals surface area contributed by atoms with Crippen LogP contribution in [0.15, 0.2) is 121 Å². The molecule has 0 atom stereocenters. The van der Waals surface area contributed by atoms with Crippen LogP contribution in [0.3, 0.4) is 0 Å². The average Bonchev–Trinajstić information content (AvgIpc) is 2.99. The SMILES string of the molecule is CCN(CC)c1ccc(C(C=CC(c2ccccc2)c2ccccc2)c2ccc(N(CC)CC)cc2)cc1. The second kappa shape index (κ2) is 13.7. The van der Waals surface area contributed by atoms with Crippen LogP contribution in [-0.4, -0.2) is 26.2 Å². The second-order valence-electron chi connectivity index (χ2n) is 9.69. The highest BCUT2D eigenvalue weighted by atomic mass is 15.1. The third kappa shape index (κ3) is 6.55. The third-order valence-corrected chi connectivity index (χ3v) is 7.57. The van der Waals surface area contributed by atoms with Crippen LogP contribution in [0.2, 0.25) is 0 Å². The van der Waals surface area contributed by atoms with Crippen LogP contribution in [0.4, 0.5) is 11.4 Å². The van der Waals surface area contributed by atoms with Crippen molar-refractivity contribution in [3.8, 4) is 0 Å². The molecule has 2 heteroatoms. The van der Waals surface area contributed by atoms with Crippen molar-refractivity contribution in [2.75, 3.05) is 36.0 Å². The fourth-order valence-electron chi connectivity index (χ4n) is 5.33. The minimum Gasteiger partial charge on any atom is -0.372 e. The molecule has 0 saturated heterocycles. The largest absolute Gasteiger partial charge is 0.372 e. The van der Waals surface area contributed by atoms with Gasteiger partial charge >= 0.3 is 0 Å². The first-order chi connectivity index (χ1) is 18.7. The zero-order chi connectivity index (χ0) is 26.7. The van der Waals surface area contributed by atoms with Crippen LogP contribution < -0.4 is 9.80 Å². The number of hydrogen-bond acceptors (Lipinski definition) is 2. The van der Waals surface area contributed by atoms with Gasteiger partial charge in [0.15, 0.2) is 0 Å². The third-order valence-electron chi connectivity index (χ3n) is 7.57. The van der Waals surface area contributed by atoms with Crippen LogP contribution in [0, 0.1) is 0 Å². The minimum atomic E-state index is 0.168. The molecule has 0 bridgehead atoms. The maximum absolute atomic E-state index is 2.41. The Morgan fingerprint density at radius 2 is 0.711 bits per heavy atom. The van der Waals surface area contributed by atoms with Gasteiger partial charge in [-0.1, -0.05) is 97.1 Å². The van der Waals surface area contributed by atoms with Crippen molar-refractivity contribution in [2.24, 2.45) is 0 Å². The lowest BCUT2D eigenvalue weighted by Gasteiger charge is -2.24. The molecule has 0 N–H and O–H groups in total. The molecule has 0 heterocycles. The molecule has 0 fully saturated rings. The van der Waals surface area contributed by atoms with E-state index < -0.39 is 0 Å². The molecule has 2 nitrogen and oxygen atoms in total. The fraction of sp³-hybridized carbons (Fsp3) is 0.278. The van der Waals surface area contributed by atoms with E-state index in [9.17, 15) is 0 Å². The van der Waals surface area contributed by atoms with Gasteiger partial charge in [-0.2, -0.15) is 0 Å². The van der Waals surface area contributed by atoms with Gasteiger partial charge in [0.25, 0.3) is 0 Å². The van der Waals surface area contributed by atoms with Gasteiger partial charge in [-0.3, -0.25) is 0 Å². The Hall–Kier alpha value is -3.78. The van der Waals surface area contributed by atoms with Crippen LogP contribution in [0.5, 0.6) is 0 Å². The van der Waals surface area contributed by atoms with E-state index in [4.69, 9.17) is 0 Å². The molecule has 0 aliphatic heterocycles. The Balaban J connectivity index is 1.74. The number of benzene rings is 4. The summed E-state index contributed by atoms with van der Waals surface area (Å²) in [4.78, 5) is 4.79. The van der Waals surface area contributed by atoms with Crippen molar-refractivity contribution in [3.63, 3.8) is 0 Å². The van der Waals surface area contributed by atoms with Crippen LogP contribution >= 0.6 is 0 Å². The molecule has 196 valence electrons. The van der Waals surface area contributed by atoms with E-state index in [1.807, 2.05) is 0 Å². The van der Waals surface area contributed by atoms with Crippen LogP contribution in [0.1, 0.15) is 61.8 Å². The smallest absolute Gasteiger partial charge is 0.0366 e. The maximum Gasteiger partial charge on any atom is 0.0366 e. The zero-order valence-corrected chi connectivity index (χ0v) is 23.4. The van der Waals surface area contributed by atoms with E-state index in [2.05, 4.69) is 159 Å². The highest BCUT2D eigenvalue weighted by Gasteiger charge is 2.16. The lowest BCUT2D eigenvalue weighted by molar-refractivity contribution is 0.863. The lowest BCUT2D eigenvalue weighted by atomic mass is 9.86. The van der Waals surface area contributed by atoms with Gasteiger partial charge in [-0.05, 0) is 74.2 Å². The normalized spacial score (nSPS) is 11.4. The quantitative estimate of drug-likeness (QED) is 0.178. The molecule has 0 amide bonds. The van der Waals surface area contributed by atoms with Gasteiger partial charge in [-0.15, -0.1) is 0 Å². The van der Waals surface area contributed by atoms with Crippen molar-refractivity contribution in [2.45, 2.75) is 39.5 Å². The van der Waals surface area contributed by atoms with Crippen molar-refractivity contribution in [3.05, 3.63) is 144 Å². The summed E-state index contributed by atoms with van der Waals surface area (Å²) in [5.41, 5.74) is 7.81. The summed E-state index contributed by atoms with van der Waals surface area (Å²) >= 11 is 0. The van der Waals surface area contributed by atoms with Gasteiger partial charge < -0.3 is 9.80 Å². The van der Waals surface area contributed by atoms with Crippen LogP contribution in [-0.2, 0) is 0 Å². The first-order valence-corrected chi connectivity index (χ1v) is 14.2. The van der Waals surface area contributed by atoms with E-state index in [-0.39, 0.29) is 11.8 Å². The molecular weight excluding hydrogens is 460 g/mol. The highest BCUT2D eigenvalue weighted by Crippen LogP contribution is 2.33. The van der Waals surface area contributed by atoms with E-state index >= 15 is 0 Å². The molecule has 4 aromatic carbocycles. The number of nitrogens with zero attached hydrogens (tertiary/aromatic N) is 2. The molecule has 0 radical (unpaired) electrons. The molecule has 0 unspecified atom stereocenters. The molecule has 0 saturated carbocycles. The summed E-state index contributed by atoms with van der Waals surface area (Å²) in [6.45, 7) is 12.9. The molecule has 0 spiro atoms. The number of anilines is 2. The summed E-state index contributed by atoms with van der Waals surface area (Å²) < 4.78 is 0. The Bertz CT molecular complexity index is 1140. The summed E-state index contributed by atoms with van der Waals surface area (Å²) in [6.07, 6.45) is 4.80. The summed E-state index contributed by atoms with van der Waals surface area (Å²) in [6, 6.07) is 40.0. The van der Waals surface area contributed by atoms with E-state index in [1.165, 1.54) is 33.6 Å². The van der Waals surface area contributed by atoms with Gasteiger partial charge in [-0.25, -0.2) is 0 Å². The van der Waals surface area contributed by atoms with Gasteiger partial charge in [0.05, 0.1) is 0 Å². The number of allylic oxidation sites excluding steroid dienone is 2. The Kier molecular flexibility index (Phi) is 9.81. The first kappa shape index (κ1) is 27.3. The average molecular weight is 503 g/mol. The minimum absolute atomic E-state index is 0.168. The monoisotopic (exact) mass is 502 g/mol. The van der Waals surface area contributed by atoms with E-state index in [0.717, 1.165) is 26.2 Å². The Labute approximate surface area is 230 Å². The summed E-state index contributed by atoms with van der Waals surface area (Å²) in [5.74, 6) is 0.367. The molecule has 0 aromatic heterocycles. The number of rotatable bonds is 12. The Morgan fingerprint density at radius 3 is 1.00 bits per heavy atom. The van der Waals surface area contributed by atoms with E-state index in [0.29, 0.717) is 0 Å². The second-order valence-corrected chi connectivity index (χ2v) is 9.69. The van der Waals surface area contributed by atoms with E-state index in [1.54, 1.807) is 0 Å². The molecule has 38 heavy (non-hydrogen) atoms. The molecule has 4 aromatic rings. The molecule has 4 rings (SSSR count). The standard InChI is InChI=1S/C36H42N2/c1-5-37(6-2)33-23-19-31(20-24-33)36(32-21-25-34(26-22-32)38(7-3)8-4)28-27-35(29-15-11-9-12-16-29)30-17-13-10-14-18-30/h9-28,35-36H,5-8H2,1-4H3. The lowest BCUT2D eigenvalue weighted by Crippen LogP contribution is -2.21. The molecular formula is C36H42N2. The maximum atomic E-state index is 2.41. The van der Waals surface area contributed by atoms with Gasteiger partial charge in [0.1, 0.15) is 0 Å². The van der Waals surface area contributed by atoms with Crippen molar-refractivity contribution in [1.29, 1.82) is 0 Å². The van der Waals surface area contributed by atoms with Crippen LogP contribution in [0.25, 0.3) is 0 Å². The molecule has 0 aliphatic rings. The predicted molar refractivity (Wildman–Crippen MR) is 166 cm³/mol. The summed E-state index contributed by atoms with van der Waals surface area (Å²) in [7, 11) is 0. The van der Waals surface area contributed by atoms with Crippen molar-refractivity contribution in [1.82, 2.24) is 0 Å². The fourth-order valence-corrected chi connectivity index (χ4v) is 5.33. The molecule has 0 aliphatic carbocycles. The summed E-state index contributed by atoms with van der Waals surface area (Å²) in [5, 5.41) is 0. The number of hydrogen-bond donors (Lipinski definition) is 0. The van der Waals surface area contributed by atoms with Gasteiger partial charge in [0.2, 0.25) is 0 Å². The van der Waals surface area contributed by atoms with Crippen molar-refractivity contribution >= 4 is 11.4 Å².